The summed E-state index contributed by atoms with van der Waals surface area (Å²) in [6.45, 7) is 1.56. The molecule has 0 saturated heterocycles. The molecule has 4 heteroatoms. The zero-order valence-electron chi connectivity index (χ0n) is 13.4. The number of hydrogen-bond donors (Lipinski definition) is 1. The summed E-state index contributed by atoms with van der Waals surface area (Å²) in [5, 5.41) is 2.98. The lowest BCUT2D eigenvalue weighted by molar-refractivity contribution is -0.127. The minimum Gasteiger partial charge on any atom is -0.480 e. The predicted molar refractivity (Wildman–Crippen MR) is 91.9 cm³/mol. The number of fused-ring (bicyclic) bond motifs is 1. The van der Waals surface area contributed by atoms with Gasteiger partial charge in [-0.15, -0.1) is 0 Å². The lowest BCUT2D eigenvalue weighted by atomic mass is 10.1. The highest BCUT2D eigenvalue weighted by molar-refractivity contribution is 5.82. The summed E-state index contributed by atoms with van der Waals surface area (Å²) >= 11 is 0. The van der Waals surface area contributed by atoms with Gasteiger partial charge in [-0.25, -0.2) is 0 Å². The van der Waals surface area contributed by atoms with Crippen LogP contribution < -0.4 is 15.0 Å². The summed E-state index contributed by atoms with van der Waals surface area (Å²) in [6, 6.07) is 18.1. The molecule has 2 aromatic rings. The molecule has 1 amide bonds. The van der Waals surface area contributed by atoms with E-state index in [1.54, 1.807) is 0 Å². The largest absolute Gasteiger partial charge is 0.480 e. The van der Waals surface area contributed by atoms with E-state index in [0.717, 1.165) is 24.3 Å². The molecular formula is C19H22N2O2. The predicted octanol–water partition coefficient (Wildman–Crippen LogP) is 2.63. The lowest BCUT2D eigenvalue weighted by Gasteiger charge is -2.19. The average molecular weight is 310 g/mol. The second-order valence-electron chi connectivity index (χ2n) is 5.82. The van der Waals surface area contributed by atoms with Gasteiger partial charge in [-0.1, -0.05) is 36.4 Å². The first-order valence-corrected chi connectivity index (χ1v) is 8.02. The molecule has 1 aliphatic rings. The zero-order chi connectivity index (χ0) is 16.1. The van der Waals surface area contributed by atoms with E-state index in [2.05, 4.69) is 29.4 Å². The Morgan fingerprint density at radius 3 is 2.70 bits per heavy atom. The van der Waals surface area contributed by atoms with Gasteiger partial charge in [0.1, 0.15) is 5.75 Å². The molecule has 1 heterocycles. The third-order valence-electron chi connectivity index (χ3n) is 4.11. The van der Waals surface area contributed by atoms with E-state index in [4.69, 9.17) is 4.74 Å². The number of amides is 1. The number of benzene rings is 2. The molecule has 1 N–H and O–H groups in total. The van der Waals surface area contributed by atoms with Crippen molar-refractivity contribution in [3.8, 4) is 5.75 Å². The molecule has 0 aliphatic carbocycles. The van der Waals surface area contributed by atoms with E-state index in [0.29, 0.717) is 13.0 Å². The first kappa shape index (κ1) is 15.4. The maximum absolute atomic E-state index is 12.2. The number of para-hydroxylation sites is 2. The summed E-state index contributed by atoms with van der Waals surface area (Å²) in [7, 11) is 2.06. The van der Waals surface area contributed by atoms with Crippen molar-refractivity contribution < 1.29 is 9.53 Å². The van der Waals surface area contributed by atoms with Crippen LogP contribution in [0.1, 0.15) is 12.0 Å². The van der Waals surface area contributed by atoms with E-state index in [-0.39, 0.29) is 12.0 Å². The van der Waals surface area contributed by atoms with E-state index >= 15 is 0 Å². The van der Waals surface area contributed by atoms with Gasteiger partial charge in [-0.2, -0.15) is 0 Å². The van der Waals surface area contributed by atoms with Crippen molar-refractivity contribution in [2.45, 2.75) is 18.9 Å². The highest BCUT2D eigenvalue weighted by atomic mass is 16.5. The normalized spacial score (nSPS) is 15.6. The zero-order valence-corrected chi connectivity index (χ0v) is 13.4. The van der Waals surface area contributed by atoms with Gasteiger partial charge in [0.15, 0.2) is 6.10 Å². The number of carbonyl (C=O) groups is 1. The molecule has 23 heavy (non-hydrogen) atoms. The summed E-state index contributed by atoms with van der Waals surface area (Å²) in [4.78, 5) is 14.4. The van der Waals surface area contributed by atoms with Crippen LogP contribution in [0.3, 0.4) is 0 Å². The summed E-state index contributed by atoms with van der Waals surface area (Å²) in [5.41, 5.74) is 2.30. The number of ether oxygens (including phenoxy) is 1. The van der Waals surface area contributed by atoms with Crippen LogP contribution in [0.15, 0.2) is 54.6 Å². The van der Waals surface area contributed by atoms with Crippen molar-refractivity contribution in [3.63, 3.8) is 0 Å². The molecular weight excluding hydrogens is 288 g/mol. The third kappa shape index (κ3) is 3.83. The van der Waals surface area contributed by atoms with Crippen LogP contribution in [-0.2, 0) is 11.2 Å². The topological polar surface area (TPSA) is 41.6 Å². The fourth-order valence-electron chi connectivity index (χ4n) is 2.78. The number of nitrogens with zero attached hydrogens (tertiary/aromatic N) is 1. The molecule has 0 unspecified atom stereocenters. The van der Waals surface area contributed by atoms with E-state index in [1.165, 1.54) is 5.69 Å². The number of hydrogen-bond acceptors (Lipinski definition) is 3. The molecule has 3 rings (SSSR count). The second-order valence-corrected chi connectivity index (χ2v) is 5.82. The fourth-order valence-corrected chi connectivity index (χ4v) is 2.78. The molecule has 0 fully saturated rings. The Kier molecular flexibility index (Phi) is 4.81. The smallest absolute Gasteiger partial charge is 0.261 e. The van der Waals surface area contributed by atoms with Gasteiger partial charge in [0, 0.05) is 32.2 Å². The van der Waals surface area contributed by atoms with Gasteiger partial charge in [0.25, 0.3) is 5.91 Å². The molecule has 0 aromatic heterocycles. The van der Waals surface area contributed by atoms with Crippen molar-refractivity contribution in [3.05, 3.63) is 60.2 Å². The van der Waals surface area contributed by atoms with Crippen LogP contribution >= 0.6 is 0 Å². The van der Waals surface area contributed by atoms with E-state index in [1.807, 2.05) is 42.5 Å². The summed E-state index contributed by atoms with van der Waals surface area (Å²) < 4.78 is 5.69. The number of rotatable bonds is 6. The van der Waals surface area contributed by atoms with Gasteiger partial charge in [0.2, 0.25) is 0 Å². The number of anilines is 1. The van der Waals surface area contributed by atoms with Crippen molar-refractivity contribution in [2.75, 3.05) is 25.0 Å². The maximum atomic E-state index is 12.2. The fraction of sp³-hybridized carbons (Fsp3) is 0.316. The van der Waals surface area contributed by atoms with Crippen LogP contribution in [0.25, 0.3) is 0 Å². The summed E-state index contributed by atoms with van der Waals surface area (Å²) in [6.07, 6.45) is 1.17. The summed E-state index contributed by atoms with van der Waals surface area (Å²) in [5.74, 6) is 0.806. The van der Waals surface area contributed by atoms with Crippen LogP contribution in [0.5, 0.6) is 5.75 Å². The molecule has 120 valence electrons. The van der Waals surface area contributed by atoms with Gasteiger partial charge in [-0.3, -0.25) is 4.79 Å². The van der Waals surface area contributed by atoms with Crippen LogP contribution in [-0.4, -0.2) is 32.1 Å². The molecule has 4 nitrogen and oxygen atoms in total. The minimum atomic E-state index is -0.390. The molecule has 1 atom stereocenters. The molecule has 2 aromatic carbocycles. The highest BCUT2D eigenvalue weighted by Crippen LogP contribution is 2.28. The Labute approximate surface area is 137 Å². The van der Waals surface area contributed by atoms with E-state index < -0.39 is 0 Å². The average Bonchev–Trinajstić information content (AvgIpc) is 3.03. The molecule has 0 radical (unpaired) electrons. The SMILES string of the molecule is CN(CCCNC(=O)[C@@H]1Cc2ccccc2O1)c1ccccc1. The van der Waals surface area contributed by atoms with Crippen LogP contribution in [0.4, 0.5) is 5.69 Å². The molecule has 0 spiro atoms. The van der Waals surface area contributed by atoms with E-state index in [9.17, 15) is 4.79 Å². The Morgan fingerprint density at radius 1 is 1.17 bits per heavy atom. The van der Waals surface area contributed by atoms with Crippen molar-refractivity contribution in [2.24, 2.45) is 0 Å². The number of nitrogens with one attached hydrogen (secondary N) is 1. The number of carbonyl (C=O) groups excluding carboxylic acids is 1. The highest BCUT2D eigenvalue weighted by Gasteiger charge is 2.28. The third-order valence-corrected chi connectivity index (χ3v) is 4.11. The lowest BCUT2D eigenvalue weighted by Crippen LogP contribution is -2.38. The Hall–Kier alpha value is -2.49. The minimum absolute atomic E-state index is 0.0245. The van der Waals surface area contributed by atoms with Crippen molar-refractivity contribution in [1.82, 2.24) is 5.32 Å². The van der Waals surface area contributed by atoms with Gasteiger partial charge in [0.05, 0.1) is 0 Å². The molecule has 0 saturated carbocycles. The first-order valence-electron chi connectivity index (χ1n) is 8.02. The van der Waals surface area contributed by atoms with Crippen molar-refractivity contribution in [1.29, 1.82) is 0 Å². The monoisotopic (exact) mass is 310 g/mol. The van der Waals surface area contributed by atoms with Crippen LogP contribution in [0.2, 0.25) is 0 Å². The van der Waals surface area contributed by atoms with Crippen molar-refractivity contribution >= 4 is 11.6 Å². The Balaban J connectivity index is 1.39. The maximum Gasteiger partial charge on any atom is 0.261 e. The van der Waals surface area contributed by atoms with Gasteiger partial charge < -0.3 is 15.0 Å². The standard InChI is InChI=1S/C19H22N2O2/c1-21(16-9-3-2-4-10-16)13-7-12-20-19(22)18-14-15-8-5-6-11-17(15)23-18/h2-6,8-11,18H,7,12-14H2,1H3,(H,20,22)/t18-/m0/s1. The molecule has 0 bridgehead atoms. The Bertz CT molecular complexity index is 632. The first-order chi connectivity index (χ1) is 11.2. The molecule has 1 aliphatic heterocycles. The quantitative estimate of drug-likeness (QED) is 0.834. The van der Waals surface area contributed by atoms with Gasteiger partial charge in [-0.05, 0) is 30.2 Å². The second kappa shape index (κ2) is 7.18. The van der Waals surface area contributed by atoms with Crippen LogP contribution in [0, 0.1) is 0 Å². The van der Waals surface area contributed by atoms with Gasteiger partial charge >= 0.3 is 0 Å². The Morgan fingerprint density at radius 2 is 1.91 bits per heavy atom.